The summed E-state index contributed by atoms with van der Waals surface area (Å²) >= 11 is 12.1. The number of carbonyl (C=O) groups is 2. The molecule has 0 aliphatic carbocycles. The monoisotopic (exact) mass is 330 g/mol. The number of hydrogen-bond donors (Lipinski definition) is 2. The lowest BCUT2D eigenvalue weighted by molar-refractivity contribution is -0.142. The molecule has 1 aliphatic rings. The number of carboxylic acids is 1. The lowest BCUT2D eigenvalue weighted by Gasteiger charge is -2.24. The Hall–Kier alpha value is -1.46. The Bertz CT molecular complexity index is 592. The van der Waals surface area contributed by atoms with Gasteiger partial charge in [0.05, 0.1) is 16.6 Å². The van der Waals surface area contributed by atoms with E-state index in [-0.39, 0.29) is 12.1 Å². The molecule has 2 N–H and O–H groups in total. The fourth-order valence-electron chi connectivity index (χ4n) is 2.49. The molecule has 1 heterocycles. The molecule has 0 spiro atoms. The number of halogens is 2. The van der Waals surface area contributed by atoms with Crippen LogP contribution >= 0.6 is 23.2 Å². The van der Waals surface area contributed by atoms with Gasteiger partial charge in [0.1, 0.15) is 0 Å². The predicted molar refractivity (Wildman–Crippen MR) is 82.1 cm³/mol. The van der Waals surface area contributed by atoms with Crippen molar-refractivity contribution in [2.45, 2.75) is 26.3 Å². The molecule has 0 saturated carbocycles. The quantitative estimate of drug-likeness (QED) is 0.869. The second-order valence-electron chi connectivity index (χ2n) is 5.18. The Morgan fingerprint density at radius 2 is 2.00 bits per heavy atom. The van der Waals surface area contributed by atoms with E-state index in [2.05, 4.69) is 5.32 Å². The van der Waals surface area contributed by atoms with Gasteiger partial charge in [-0.3, -0.25) is 4.79 Å². The van der Waals surface area contributed by atoms with E-state index >= 15 is 0 Å². The summed E-state index contributed by atoms with van der Waals surface area (Å²) in [5, 5.41) is 12.7. The van der Waals surface area contributed by atoms with E-state index < -0.39 is 11.9 Å². The summed E-state index contributed by atoms with van der Waals surface area (Å²) in [6.07, 6.45) is 0.451. The molecule has 21 heavy (non-hydrogen) atoms. The zero-order valence-corrected chi connectivity index (χ0v) is 13.2. The average Bonchev–Trinajstić information content (AvgIpc) is 2.78. The number of aryl methyl sites for hydroxylation is 1. The summed E-state index contributed by atoms with van der Waals surface area (Å²) in [4.78, 5) is 24.8. The number of aliphatic carboxylic acids is 1. The van der Waals surface area contributed by atoms with E-state index in [9.17, 15) is 9.59 Å². The van der Waals surface area contributed by atoms with Crippen molar-refractivity contribution in [2.75, 3.05) is 11.9 Å². The number of hydrogen-bond acceptors (Lipinski definition) is 2. The zero-order chi connectivity index (χ0) is 15.7. The van der Waals surface area contributed by atoms with Gasteiger partial charge >= 0.3 is 12.0 Å². The van der Waals surface area contributed by atoms with Gasteiger partial charge in [-0.1, -0.05) is 23.2 Å². The molecular weight excluding hydrogens is 315 g/mol. The number of carbonyl (C=O) groups excluding carboxylic acids is 1. The van der Waals surface area contributed by atoms with Crippen LogP contribution < -0.4 is 5.32 Å². The minimum atomic E-state index is -0.880. The summed E-state index contributed by atoms with van der Waals surface area (Å²) in [6.45, 7) is 3.95. The van der Waals surface area contributed by atoms with Crippen LogP contribution in [0.5, 0.6) is 0 Å². The molecule has 2 amide bonds. The Morgan fingerprint density at radius 1 is 1.33 bits per heavy atom. The van der Waals surface area contributed by atoms with E-state index in [1.165, 1.54) is 4.90 Å². The van der Waals surface area contributed by atoms with Crippen molar-refractivity contribution in [1.29, 1.82) is 0 Å². The van der Waals surface area contributed by atoms with Crippen LogP contribution in [-0.2, 0) is 4.79 Å². The summed E-state index contributed by atoms with van der Waals surface area (Å²) in [7, 11) is 0. The van der Waals surface area contributed by atoms with Gasteiger partial charge in [-0.15, -0.1) is 0 Å². The van der Waals surface area contributed by atoms with Crippen molar-refractivity contribution in [1.82, 2.24) is 4.90 Å². The minimum Gasteiger partial charge on any atom is -0.481 e. The molecule has 2 atom stereocenters. The number of amides is 2. The number of benzene rings is 1. The van der Waals surface area contributed by atoms with E-state index in [0.717, 1.165) is 5.56 Å². The van der Waals surface area contributed by atoms with Gasteiger partial charge in [0.2, 0.25) is 0 Å². The Balaban J connectivity index is 2.12. The molecule has 2 unspecified atom stereocenters. The molecule has 114 valence electrons. The van der Waals surface area contributed by atoms with Crippen LogP contribution in [0, 0.1) is 12.8 Å². The van der Waals surface area contributed by atoms with Crippen molar-refractivity contribution in [3.05, 3.63) is 27.7 Å². The summed E-state index contributed by atoms with van der Waals surface area (Å²) < 4.78 is 0. The second kappa shape index (κ2) is 6.12. The predicted octanol–water partition coefficient (Wildman–Crippen LogP) is 3.63. The summed E-state index contributed by atoms with van der Waals surface area (Å²) in [5.41, 5.74) is 1.24. The van der Waals surface area contributed by atoms with Crippen molar-refractivity contribution in [2.24, 2.45) is 5.92 Å². The van der Waals surface area contributed by atoms with Gasteiger partial charge in [0.25, 0.3) is 0 Å². The maximum absolute atomic E-state index is 12.3. The summed E-state index contributed by atoms with van der Waals surface area (Å²) in [5.74, 6) is -1.41. The first-order valence-electron chi connectivity index (χ1n) is 6.57. The molecule has 0 aromatic heterocycles. The van der Waals surface area contributed by atoms with Crippen molar-refractivity contribution < 1.29 is 14.7 Å². The largest absolute Gasteiger partial charge is 0.481 e. The first-order valence-corrected chi connectivity index (χ1v) is 7.33. The molecular formula is C14H16Cl2N2O3. The second-order valence-corrected chi connectivity index (χ2v) is 5.99. The Morgan fingerprint density at radius 3 is 2.57 bits per heavy atom. The van der Waals surface area contributed by atoms with Crippen LogP contribution in [0.2, 0.25) is 10.0 Å². The van der Waals surface area contributed by atoms with Crippen molar-refractivity contribution in [3.8, 4) is 0 Å². The maximum Gasteiger partial charge on any atom is 0.322 e. The van der Waals surface area contributed by atoms with Gasteiger partial charge < -0.3 is 15.3 Å². The van der Waals surface area contributed by atoms with E-state index in [0.29, 0.717) is 28.7 Å². The number of carboxylic acid groups (broad SMARTS) is 1. The standard InChI is InChI=1S/C14H16Cl2N2O3/c1-7-5-11(16)12(6-10(7)15)17-14(21)18-4-3-9(8(18)2)13(19)20/h5-6,8-9H,3-4H2,1-2H3,(H,17,21)(H,19,20). The third-order valence-corrected chi connectivity index (χ3v) is 4.54. The number of nitrogens with one attached hydrogen (secondary N) is 1. The van der Waals surface area contributed by atoms with Crippen molar-refractivity contribution >= 4 is 40.9 Å². The number of likely N-dealkylation sites (tertiary alicyclic amines) is 1. The molecule has 2 rings (SSSR count). The highest BCUT2D eigenvalue weighted by atomic mass is 35.5. The summed E-state index contributed by atoms with van der Waals surface area (Å²) in [6, 6.07) is 2.54. The van der Waals surface area contributed by atoms with Gasteiger partial charge in [0.15, 0.2) is 0 Å². The van der Waals surface area contributed by atoms with Gasteiger partial charge in [0, 0.05) is 17.6 Å². The first kappa shape index (κ1) is 15.9. The lowest BCUT2D eigenvalue weighted by Crippen LogP contribution is -2.40. The van der Waals surface area contributed by atoms with Crippen molar-refractivity contribution in [3.63, 3.8) is 0 Å². The van der Waals surface area contributed by atoms with Crippen LogP contribution in [-0.4, -0.2) is 34.6 Å². The topological polar surface area (TPSA) is 69.6 Å². The maximum atomic E-state index is 12.3. The minimum absolute atomic E-state index is 0.359. The van der Waals surface area contributed by atoms with Gasteiger partial charge in [-0.05, 0) is 38.0 Å². The van der Waals surface area contributed by atoms with Gasteiger partial charge in [-0.25, -0.2) is 4.79 Å². The SMILES string of the molecule is Cc1cc(Cl)c(NC(=O)N2CCC(C(=O)O)C2C)cc1Cl. The van der Waals surface area contributed by atoms with Gasteiger partial charge in [-0.2, -0.15) is 0 Å². The molecule has 1 aromatic carbocycles. The Labute approximate surface area is 132 Å². The zero-order valence-electron chi connectivity index (χ0n) is 11.7. The van der Waals surface area contributed by atoms with E-state index in [4.69, 9.17) is 28.3 Å². The molecule has 1 fully saturated rings. The smallest absolute Gasteiger partial charge is 0.322 e. The average molecular weight is 331 g/mol. The number of urea groups is 1. The molecule has 1 saturated heterocycles. The molecule has 1 aromatic rings. The van der Waals surface area contributed by atoms with Crippen LogP contribution in [0.15, 0.2) is 12.1 Å². The molecule has 0 bridgehead atoms. The Kier molecular flexibility index (Phi) is 4.64. The van der Waals surface area contributed by atoms with Crippen LogP contribution in [0.1, 0.15) is 18.9 Å². The van der Waals surface area contributed by atoms with E-state index in [1.807, 2.05) is 6.92 Å². The normalized spacial score (nSPS) is 21.4. The third kappa shape index (κ3) is 3.24. The molecule has 0 radical (unpaired) electrons. The molecule has 1 aliphatic heterocycles. The highest BCUT2D eigenvalue weighted by Crippen LogP contribution is 2.30. The van der Waals surface area contributed by atoms with Crippen LogP contribution in [0.25, 0.3) is 0 Å². The molecule has 5 nitrogen and oxygen atoms in total. The van der Waals surface area contributed by atoms with Crippen LogP contribution in [0.3, 0.4) is 0 Å². The van der Waals surface area contributed by atoms with E-state index in [1.54, 1.807) is 19.1 Å². The first-order chi connectivity index (χ1) is 9.81. The van der Waals surface area contributed by atoms with Crippen LogP contribution in [0.4, 0.5) is 10.5 Å². The fourth-order valence-corrected chi connectivity index (χ4v) is 2.91. The number of nitrogens with zero attached hydrogens (tertiary/aromatic N) is 1. The highest BCUT2D eigenvalue weighted by molar-refractivity contribution is 6.36. The highest BCUT2D eigenvalue weighted by Gasteiger charge is 2.38. The number of rotatable bonds is 2. The fraction of sp³-hybridized carbons (Fsp3) is 0.429. The third-order valence-electron chi connectivity index (χ3n) is 3.82. The lowest BCUT2D eigenvalue weighted by atomic mass is 10.0. The molecule has 7 heteroatoms. The number of anilines is 1.